The number of anilines is 1. The van der Waals surface area contributed by atoms with E-state index in [0.717, 1.165) is 35.8 Å². The normalized spacial score (nSPS) is 17.3. The zero-order chi connectivity index (χ0) is 17.9. The zero-order valence-electron chi connectivity index (χ0n) is 15.1. The van der Waals surface area contributed by atoms with E-state index in [4.69, 9.17) is 9.26 Å². The maximum Gasteiger partial charge on any atom is 0.261 e. The minimum absolute atomic E-state index is 0.497. The molecule has 1 aromatic carbocycles. The van der Waals surface area contributed by atoms with Crippen LogP contribution in [0, 0.1) is 5.92 Å². The molecule has 0 unspecified atom stereocenters. The Kier molecular flexibility index (Phi) is 4.56. The molecule has 26 heavy (non-hydrogen) atoms. The molecule has 0 spiro atoms. The van der Waals surface area contributed by atoms with Crippen molar-refractivity contribution in [1.82, 2.24) is 15.1 Å². The van der Waals surface area contributed by atoms with Gasteiger partial charge in [0, 0.05) is 24.8 Å². The van der Waals surface area contributed by atoms with Crippen LogP contribution in [0.2, 0.25) is 0 Å². The minimum atomic E-state index is 0.497. The molecule has 1 saturated heterocycles. The second kappa shape index (κ2) is 7.15. The lowest BCUT2D eigenvalue weighted by Crippen LogP contribution is -2.35. The molecule has 0 saturated carbocycles. The Bertz CT molecular complexity index is 876. The van der Waals surface area contributed by atoms with Gasteiger partial charge in [0.25, 0.3) is 5.89 Å². The summed E-state index contributed by atoms with van der Waals surface area (Å²) in [7, 11) is 1.65. The Morgan fingerprint density at radius 2 is 2.04 bits per heavy atom. The first kappa shape index (κ1) is 16.6. The van der Waals surface area contributed by atoms with Crippen molar-refractivity contribution < 1.29 is 9.26 Å². The van der Waals surface area contributed by atoms with Crippen LogP contribution in [0.15, 0.2) is 47.1 Å². The highest BCUT2D eigenvalue weighted by molar-refractivity contribution is 5.71. The molecule has 1 aliphatic rings. The molecule has 6 heteroatoms. The van der Waals surface area contributed by atoms with Gasteiger partial charge < -0.3 is 14.2 Å². The summed E-state index contributed by atoms with van der Waals surface area (Å²) in [6.07, 6.45) is 4.26. The maximum absolute atomic E-state index is 5.56. The van der Waals surface area contributed by atoms with Gasteiger partial charge in [-0.3, -0.25) is 0 Å². The third-order valence-electron chi connectivity index (χ3n) is 4.75. The van der Waals surface area contributed by atoms with Gasteiger partial charge in [-0.2, -0.15) is 4.98 Å². The minimum Gasteiger partial charge on any atom is -0.497 e. The van der Waals surface area contributed by atoms with Crippen molar-refractivity contribution in [2.45, 2.75) is 19.8 Å². The van der Waals surface area contributed by atoms with Crippen molar-refractivity contribution in [3.05, 3.63) is 42.6 Å². The van der Waals surface area contributed by atoms with E-state index >= 15 is 0 Å². The van der Waals surface area contributed by atoms with Gasteiger partial charge in [0.05, 0.1) is 12.7 Å². The highest BCUT2D eigenvalue weighted by Gasteiger charge is 2.23. The van der Waals surface area contributed by atoms with E-state index in [1.54, 1.807) is 7.11 Å². The molecule has 3 heterocycles. The van der Waals surface area contributed by atoms with Crippen LogP contribution in [0.1, 0.15) is 19.8 Å². The fourth-order valence-electron chi connectivity index (χ4n) is 3.39. The number of nitrogens with zero attached hydrogens (tertiary/aromatic N) is 4. The standard InChI is InChI=1S/C20H22N4O2/c1-14-5-4-12-24(13-14)19-17(6-3-11-21-19)20-22-18(23-26-20)15-7-9-16(25-2)10-8-15/h3,6-11,14H,4-5,12-13H2,1-2H3/t14-/m0/s1. The maximum atomic E-state index is 5.56. The molecule has 3 aromatic rings. The number of rotatable bonds is 4. The largest absolute Gasteiger partial charge is 0.497 e. The van der Waals surface area contributed by atoms with Gasteiger partial charge in [-0.25, -0.2) is 4.98 Å². The van der Waals surface area contributed by atoms with Gasteiger partial charge in [0.2, 0.25) is 5.82 Å². The fraction of sp³-hybridized carbons (Fsp3) is 0.350. The number of methoxy groups -OCH3 is 1. The van der Waals surface area contributed by atoms with Crippen LogP contribution in [0.5, 0.6) is 5.75 Å². The predicted molar refractivity (Wildman–Crippen MR) is 100 cm³/mol. The Balaban J connectivity index is 1.65. The monoisotopic (exact) mass is 350 g/mol. The van der Waals surface area contributed by atoms with E-state index in [9.17, 15) is 0 Å². The molecule has 0 amide bonds. The number of aromatic nitrogens is 3. The third kappa shape index (κ3) is 3.27. The topological polar surface area (TPSA) is 64.3 Å². The molecule has 6 nitrogen and oxygen atoms in total. The van der Waals surface area contributed by atoms with Crippen LogP contribution < -0.4 is 9.64 Å². The van der Waals surface area contributed by atoms with E-state index in [1.165, 1.54) is 12.8 Å². The van der Waals surface area contributed by atoms with Crippen molar-refractivity contribution in [2.24, 2.45) is 5.92 Å². The van der Waals surface area contributed by atoms with Gasteiger partial charge in [-0.15, -0.1) is 0 Å². The highest BCUT2D eigenvalue weighted by atomic mass is 16.5. The lowest BCUT2D eigenvalue weighted by atomic mass is 10.00. The molecule has 0 bridgehead atoms. The van der Waals surface area contributed by atoms with Crippen LogP contribution in [0.25, 0.3) is 22.8 Å². The van der Waals surface area contributed by atoms with Crippen LogP contribution in [-0.4, -0.2) is 35.3 Å². The molecule has 0 aliphatic carbocycles. The average Bonchev–Trinajstić information content (AvgIpc) is 3.18. The summed E-state index contributed by atoms with van der Waals surface area (Å²) in [5, 5.41) is 4.15. The first-order chi connectivity index (χ1) is 12.7. The predicted octanol–water partition coefficient (Wildman–Crippen LogP) is 4.04. The Morgan fingerprint density at radius 3 is 2.81 bits per heavy atom. The number of piperidine rings is 1. The SMILES string of the molecule is COc1ccc(-c2noc(-c3cccnc3N3CCC[C@H](C)C3)n2)cc1. The van der Waals surface area contributed by atoms with E-state index in [-0.39, 0.29) is 0 Å². The summed E-state index contributed by atoms with van der Waals surface area (Å²) < 4.78 is 10.8. The molecule has 134 valence electrons. The second-order valence-electron chi connectivity index (χ2n) is 6.72. The number of benzene rings is 1. The number of pyridine rings is 1. The lowest BCUT2D eigenvalue weighted by Gasteiger charge is -2.32. The van der Waals surface area contributed by atoms with Crippen LogP contribution in [0.4, 0.5) is 5.82 Å². The third-order valence-corrected chi connectivity index (χ3v) is 4.75. The van der Waals surface area contributed by atoms with Gasteiger partial charge in [-0.05, 0) is 55.2 Å². The molecule has 0 radical (unpaired) electrons. The summed E-state index contributed by atoms with van der Waals surface area (Å²) in [6, 6.07) is 11.5. The number of hydrogen-bond acceptors (Lipinski definition) is 6. The van der Waals surface area contributed by atoms with Crippen LogP contribution in [-0.2, 0) is 0 Å². The number of ether oxygens (including phenoxy) is 1. The van der Waals surface area contributed by atoms with Crippen molar-refractivity contribution in [2.75, 3.05) is 25.1 Å². The molecule has 4 rings (SSSR count). The van der Waals surface area contributed by atoms with Crippen molar-refractivity contribution in [3.63, 3.8) is 0 Å². The van der Waals surface area contributed by atoms with E-state index in [0.29, 0.717) is 17.6 Å². The molecule has 2 aromatic heterocycles. The Labute approximate surface area is 152 Å². The van der Waals surface area contributed by atoms with E-state index in [2.05, 4.69) is 26.9 Å². The van der Waals surface area contributed by atoms with Crippen LogP contribution >= 0.6 is 0 Å². The summed E-state index contributed by atoms with van der Waals surface area (Å²) >= 11 is 0. The molecule has 1 fully saturated rings. The average molecular weight is 350 g/mol. The van der Waals surface area contributed by atoms with Gasteiger partial charge in [-0.1, -0.05) is 12.1 Å². The van der Waals surface area contributed by atoms with Gasteiger partial charge >= 0.3 is 0 Å². The quantitative estimate of drug-likeness (QED) is 0.707. The van der Waals surface area contributed by atoms with Crippen molar-refractivity contribution >= 4 is 5.82 Å². The molecular weight excluding hydrogens is 328 g/mol. The highest BCUT2D eigenvalue weighted by Crippen LogP contribution is 2.32. The summed E-state index contributed by atoms with van der Waals surface area (Å²) in [5.41, 5.74) is 1.77. The number of hydrogen-bond donors (Lipinski definition) is 0. The second-order valence-corrected chi connectivity index (χ2v) is 6.72. The first-order valence-corrected chi connectivity index (χ1v) is 8.93. The van der Waals surface area contributed by atoms with Crippen molar-refractivity contribution in [3.8, 4) is 28.6 Å². The van der Waals surface area contributed by atoms with Crippen LogP contribution in [0.3, 0.4) is 0 Å². The van der Waals surface area contributed by atoms with Crippen molar-refractivity contribution in [1.29, 1.82) is 0 Å². The summed E-state index contributed by atoms with van der Waals surface area (Å²) in [5.74, 6) is 3.44. The van der Waals surface area contributed by atoms with Gasteiger partial charge in [0.1, 0.15) is 11.6 Å². The zero-order valence-corrected chi connectivity index (χ0v) is 15.1. The lowest BCUT2D eigenvalue weighted by molar-refractivity contribution is 0.414. The molecule has 1 aliphatic heterocycles. The first-order valence-electron chi connectivity index (χ1n) is 8.93. The molecule has 0 N–H and O–H groups in total. The smallest absolute Gasteiger partial charge is 0.261 e. The van der Waals surface area contributed by atoms with E-state index < -0.39 is 0 Å². The van der Waals surface area contributed by atoms with E-state index in [1.807, 2.05) is 42.6 Å². The Morgan fingerprint density at radius 1 is 1.19 bits per heavy atom. The summed E-state index contributed by atoms with van der Waals surface area (Å²) in [4.78, 5) is 11.5. The van der Waals surface area contributed by atoms with Gasteiger partial charge in [0.15, 0.2) is 0 Å². The Hall–Kier alpha value is -2.89. The molecular formula is C20H22N4O2. The summed E-state index contributed by atoms with van der Waals surface area (Å²) in [6.45, 7) is 4.29. The molecule has 1 atom stereocenters. The fourth-order valence-corrected chi connectivity index (χ4v) is 3.39.